The zero-order chi connectivity index (χ0) is 12.4. The zero-order valence-corrected chi connectivity index (χ0v) is 11.9. The molecule has 0 amide bonds. The van der Waals surface area contributed by atoms with Crippen LogP contribution in [0.15, 0.2) is 29.1 Å². The summed E-state index contributed by atoms with van der Waals surface area (Å²) >= 11 is 9.48. The van der Waals surface area contributed by atoms with Gasteiger partial charge < -0.3 is 9.47 Å². The molecule has 2 aromatic rings. The van der Waals surface area contributed by atoms with Gasteiger partial charge in [0.1, 0.15) is 11.6 Å². The van der Waals surface area contributed by atoms with E-state index in [0.29, 0.717) is 11.6 Å². The lowest BCUT2D eigenvalue weighted by atomic mass is 10.4. The van der Waals surface area contributed by atoms with Crippen molar-refractivity contribution in [3.63, 3.8) is 0 Å². The number of imidazole rings is 1. The predicted molar refractivity (Wildman–Crippen MR) is 72.3 cm³/mol. The molecule has 17 heavy (non-hydrogen) atoms. The van der Waals surface area contributed by atoms with Crippen molar-refractivity contribution in [3.8, 4) is 0 Å². The van der Waals surface area contributed by atoms with Crippen molar-refractivity contribution < 1.29 is 0 Å². The second-order valence-electron chi connectivity index (χ2n) is 3.77. The molecule has 0 aliphatic rings. The molecule has 0 unspecified atom stereocenters. The number of pyridine rings is 1. The first-order valence-electron chi connectivity index (χ1n) is 5.06. The van der Waals surface area contributed by atoms with Gasteiger partial charge in [-0.2, -0.15) is 0 Å². The van der Waals surface area contributed by atoms with Crippen LogP contribution in [0.3, 0.4) is 0 Å². The number of aryl methyl sites for hydroxylation is 1. The van der Waals surface area contributed by atoms with Crippen molar-refractivity contribution in [3.05, 3.63) is 40.0 Å². The van der Waals surface area contributed by atoms with E-state index < -0.39 is 0 Å². The van der Waals surface area contributed by atoms with Crippen molar-refractivity contribution in [2.45, 2.75) is 6.54 Å². The third kappa shape index (κ3) is 2.79. The lowest BCUT2D eigenvalue weighted by Gasteiger charge is -2.18. The molecule has 0 N–H and O–H groups in total. The number of aromatic nitrogens is 3. The van der Waals surface area contributed by atoms with Crippen LogP contribution in [-0.2, 0) is 13.6 Å². The molecule has 0 aliphatic heterocycles. The minimum atomic E-state index is 0.621. The molecule has 0 saturated carbocycles. The summed E-state index contributed by atoms with van der Waals surface area (Å²) < 4.78 is 2.85. The second-order valence-corrected chi connectivity index (χ2v) is 5.09. The minimum Gasteiger partial charge on any atom is -0.351 e. The molecule has 2 heterocycles. The normalized spacial score (nSPS) is 10.6. The molecule has 0 aromatic carbocycles. The molecule has 2 rings (SSSR count). The zero-order valence-electron chi connectivity index (χ0n) is 9.56. The third-order valence-electron chi connectivity index (χ3n) is 2.45. The highest BCUT2D eigenvalue weighted by atomic mass is 79.9. The summed E-state index contributed by atoms with van der Waals surface area (Å²) in [5.74, 6) is 1.71. The van der Waals surface area contributed by atoms with Crippen LogP contribution >= 0.6 is 27.5 Å². The minimum absolute atomic E-state index is 0.621. The Labute approximate surface area is 113 Å². The van der Waals surface area contributed by atoms with Gasteiger partial charge in [0.05, 0.1) is 11.6 Å². The van der Waals surface area contributed by atoms with Crippen LogP contribution in [-0.4, -0.2) is 21.6 Å². The second kappa shape index (κ2) is 5.06. The van der Waals surface area contributed by atoms with Crippen molar-refractivity contribution >= 4 is 33.3 Å². The maximum absolute atomic E-state index is 6.14. The Morgan fingerprint density at radius 2 is 2.24 bits per heavy atom. The molecular weight excluding hydrogens is 304 g/mol. The van der Waals surface area contributed by atoms with E-state index in [2.05, 4.69) is 25.9 Å². The standard InChI is InChI=1S/C11H12BrClN4/c1-16-4-3-14-10(16)7-17(2)11-9(13)5-8(12)6-15-11/h3-6H,7H2,1-2H3. The van der Waals surface area contributed by atoms with Crippen LogP contribution in [0, 0.1) is 0 Å². The molecular formula is C11H12BrClN4. The summed E-state index contributed by atoms with van der Waals surface area (Å²) in [5, 5.41) is 0.621. The fourth-order valence-electron chi connectivity index (χ4n) is 1.52. The van der Waals surface area contributed by atoms with Crippen LogP contribution in [0.5, 0.6) is 0 Å². The van der Waals surface area contributed by atoms with Crippen LogP contribution < -0.4 is 4.90 Å². The van der Waals surface area contributed by atoms with E-state index in [-0.39, 0.29) is 0 Å². The Balaban J connectivity index is 2.20. The van der Waals surface area contributed by atoms with E-state index in [1.807, 2.05) is 35.8 Å². The molecule has 0 spiro atoms. The molecule has 4 nitrogen and oxygen atoms in total. The Morgan fingerprint density at radius 1 is 1.47 bits per heavy atom. The van der Waals surface area contributed by atoms with Gasteiger partial charge in [-0.05, 0) is 22.0 Å². The summed E-state index contributed by atoms with van der Waals surface area (Å²) in [4.78, 5) is 10.5. The van der Waals surface area contributed by atoms with Gasteiger partial charge in [0.25, 0.3) is 0 Å². The maximum Gasteiger partial charge on any atom is 0.147 e. The number of nitrogens with zero attached hydrogens (tertiary/aromatic N) is 4. The first-order valence-corrected chi connectivity index (χ1v) is 6.23. The predicted octanol–water partition coefficient (Wildman–Crippen LogP) is 2.87. The van der Waals surface area contributed by atoms with Crippen molar-refractivity contribution in [1.82, 2.24) is 14.5 Å². The van der Waals surface area contributed by atoms with Crippen LogP contribution in [0.4, 0.5) is 5.82 Å². The Morgan fingerprint density at radius 3 is 2.82 bits per heavy atom. The fourth-order valence-corrected chi connectivity index (χ4v) is 2.30. The quantitative estimate of drug-likeness (QED) is 0.873. The average molecular weight is 316 g/mol. The molecule has 0 bridgehead atoms. The maximum atomic E-state index is 6.14. The topological polar surface area (TPSA) is 34.0 Å². The summed E-state index contributed by atoms with van der Waals surface area (Å²) in [6.45, 7) is 0.665. The Kier molecular flexibility index (Phi) is 3.69. The van der Waals surface area contributed by atoms with Crippen molar-refractivity contribution in [2.75, 3.05) is 11.9 Å². The summed E-state index contributed by atoms with van der Waals surface area (Å²) in [5.41, 5.74) is 0. The molecule has 0 fully saturated rings. The monoisotopic (exact) mass is 314 g/mol. The first kappa shape index (κ1) is 12.4. The molecule has 0 saturated heterocycles. The molecule has 0 radical (unpaired) electrons. The van der Waals surface area contributed by atoms with Gasteiger partial charge in [-0.1, -0.05) is 11.6 Å². The number of halogens is 2. The highest BCUT2D eigenvalue weighted by molar-refractivity contribution is 9.10. The van der Waals surface area contributed by atoms with E-state index in [0.717, 1.165) is 16.1 Å². The smallest absolute Gasteiger partial charge is 0.147 e. The van der Waals surface area contributed by atoms with E-state index in [1.165, 1.54) is 0 Å². The van der Waals surface area contributed by atoms with Gasteiger partial charge in [0, 0.05) is 37.2 Å². The molecule has 6 heteroatoms. The van der Waals surface area contributed by atoms with E-state index in [9.17, 15) is 0 Å². The first-order chi connectivity index (χ1) is 8.08. The van der Waals surface area contributed by atoms with E-state index in [4.69, 9.17) is 11.6 Å². The van der Waals surface area contributed by atoms with Gasteiger partial charge in [0.2, 0.25) is 0 Å². The average Bonchev–Trinajstić information content (AvgIpc) is 2.64. The lowest BCUT2D eigenvalue weighted by Crippen LogP contribution is -2.20. The van der Waals surface area contributed by atoms with Gasteiger partial charge in [-0.25, -0.2) is 9.97 Å². The Hall–Kier alpha value is -1.07. The van der Waals surface area contributed by atoms with Gasteiger partial charge in [0.15, 0.2) is 0 Å². The van der Waals surface area contributed by atoms with Crippen LogP contribution in [0.2, 0.25) is 5.02 Å². The third-order valence-corrected chi connectivity index (χ3v) is 3.16. The largest absolute Gasteiger partial charge is 0.351 e. The number of hydrogen-bond donors (Lipinski definition) is 0. The summed E-state index contributed by atoms with van der Waals surface area (Å²) in [7, 11) is 3.91. The van der Waals surface area contributed by atoms with Gasteiger partial charge >= 0.3 is 0 Å². The number of rotatable bonds is 3. The fraction of sp³-hybridized carbons (Fsp3) is 0.273. The number of anilines is 1. The summed E-state index contributed by atoms with van der Waals surface area (Å²) in [6, 6.07) is 1.83. The van der Waals surface area contributed by atoms with E-state index in [1.54, 1.807) is 12.4 Å². The number of hydrogen-bond acceptors (Lipinski definition) is 3. The molecule has 0 atom stereocenters. The highest BCUT2D eigenvalue weighted by Gasteiger charge is 2.10. The molecule has 2 aromatic heterocycles. The van der Waals surface area contributed by atoms with Crippen LogP contribution in [0.25, 0.3) is 0 Å². The molecule has 90 valence electrons. The highest BCUT2D eigenvalue weighted by Crippen LogP contribution is 2.26. The lowest BCUT2D eigenvalue weighted by molar-refractivity contribution is 0.755. The SMILES string of the molecule is CN(Cc1nccn1C)c1ncc(Br)cc1Cl. The van der Waals surface area contributed by atoms with Gasteiger partial charge in [-0.15, -0.1) is 0 Å². The van der Waals surface area contributed by atoms with Gasteiger partial charge in [-0.3, -0.25) is 0 Å². The molecule has 0 aliphatic carbocycles. The van der Waals surface area contributed by atoms with Crippen molar-refractivity contribution in [1.29, 1.82) is 0 Å². The Bertz CT molecular complexity index is 526. The van der Waals surface area contributed by atoms with Crippen molar-refractivity contribution in [2.24, 2.45) is 7.05 Å². The van der Waals surface area contributed by atoms with E-state index >= 15 is 0 Å². The van der Waals surface area contributed by atoms with Crippen LogP contribution in [0.1, 0.15) is 5.82 Å². The summed E-state index contributed by atoms with van der Waals surface area (Å²) in [6.07, 6.45) is 5.43.